The summed E-state index contributed by atoms with van der Waals surface area (Å²) in [5.74, 6) is -1.10. The molecular weight excluding hydrogens is 304 g/mol. The molecule has 3 rings (SSSR count). The summed E-state index contributed by atoms with van der Waals surface area (Å²) < 4.78 is 1.23. The summed E-state index contributed by atoms with van der Waals surface area (Å²) >= 11 is 1.56. The normalized spacial score (nSPS) is 13.6. The summed E-state index contributed by atoms with van der Waals surface area (Å²) in [4.78, 5) is 24.8. The minimum atomic E-state index is -0.982. The first kappa shape index (κ1) is 14.7. The molecule has 0 saturated heterocycles. The SMILES string of the molecule is O=C(O)Cn1cc(CNC(=O)c2cc3c(s2)CCCC3)nn1. The number of thiophene rings is 1. The van der Waals surface area contributed by atoms with Crippen LogP contribution in [0.2, 0.25) is 0 Å². The van der Waals surface area contributed by atoms with E-state index in [0.29, 0.717) is 5.69 Å². The third-order valence-corrected chi connectivity index (χ3v) is 4.77. The third-order valence-electron chi connectivity index (χ3n) is 3.53. The predicted octanol–water partition coefficient (Wildman–Crippen LogP) is 1.23. The van der Waals surface area contributed by atoms with E-state index in [2.05, 4.69) is 15.6 Å². The number of nitrogens with zero attached hydrogens (tertiary/aromatic N) is 3. The van der Waals surface area contributed by atoms with Gasteiger partial charge in [-0.2, -0.15) is 0 Å². The maximum atomic E-state index is 12.2. The highest BCUT2D eigenvalue weighted by Gasteiger charge is 2.17. The van der Waals surface area contributed by atoms with E-state index in [0.717, 1.165) is 17.7 Å². The second kappa shape index (κ2) is 6.27. The van der Waals surface area contributed by atoms with Gasteiger partial charge in [-0.25, -0.2) is 4.68 Å². The lowest BCUT2D eigenvalue weighted by Gasteiger charge is -2.08. The number of carboxylic acids is 1. The fourth-order valence-corrected chi connectivity index (χ4v) is 3.67. The van der Waals surface area contributed by atoms with Gasteiger partial charge >= 0.3 is 5.97 Å². The standard InChI is InChI=1S/C14H16N4O3S/c19-13(20)8-18-7-10(16-17-18)6-15-14(21)12-5-9-3-1-2-4-11(9)22-12/h5,7H,1-4,6,8H2,(H,15,21)(H,19,20). The molecule has 2 aromatic heterocycles. The predicted molar refractivity (Wildman–Crippen MR) is 79.8 cm³/mol. The van der Waals surface area contributed by atoms with E-state index in [1.54, 1.807) is 11.3 Å². The average Bonchev–Trinajstić information content (AvgIpc) is 3.10. The Kier molecular flexibility index (Phi) is 4.19. The van der Waals surface area contributed by atoms with Crippen LogP contribution >= 0.6 is 11.3 Å². The quantitative estimate of drug-likeness (QED) is 0.863. The van der Waals surface area contributed by atoms with Crippen molar-refractivity contribution in [1.29, 1.82) is 0 Å². The molecular formula is C14H16N4O3S. The number of hydrogen-bond acceptors (Lipinski definition) is 5. The van der Waals surface area contributed by atoms with Gasteiger partial charge in [-0.3, -0.25) is 9.59 Å². The van der Waals surface area contributed by atoms with Gasteiger partial charge in [-0.15, -0.1) is 16.4 Å². The second-order valence-corrected chi connectivity index (χ2v) is 6.39. The summed E-state index contributed by atoms with van der Waals surface area (Å²) in [6.45, 7) is -0.000387. The maximum absolute atomic E-state index is 12.2. The third kappa shape index (κ3) is 3.33. The van der Waals surface area contributed by atoms with Gasteiger partial charge in [0.1, 0.15) is 12.2 Å². The molecule has 0 saturated carbocycles. The number of hydrogen-bond donors (Lipinski definition) is 2. The summed E-state index contributed by atoms with van der Waals surface area (Å²) in [6, 6.07) is 1.98. The average molecular weight is 320 g/mol. The Hall–Kier alpha value is -2.22. The van der Waals surface area contributed by atoms with Crippen molar-refractivity contribution in [1.82, 2.24) is 20.3 Å². The van der Waals surface area contributed by atoms with Crippen molar-refractivity contribution in [2.45, 2.75) is 38.8 Å². The van der Waals surface area contributed by atoms with Gasteiger partial charge in [0.05, 0.1) is 17.6 Å². The zero-order valence-electron chi connectivity index (χ0n) is 11.9. The van der Waals surface area contributed by atoms with Crippen LogP contribution in [0.5, 0.6) is 0 Å². The molecule has 0 aliphatic heterocycles. The van der Waals surface area contributed by atoms with Crippen LogP contribution in [0.1, 0.15) is 38.6 Å². The highest BCUT2D eigenvalue weighted by Crippen LogP contribution is 2.29. The van der Waals surface area contributed by atoms with Gasteiger partial charge in [0.2, 0.25) is 0 Å². The monoisotopic (exact) mass is 320 g/mol. The number of carbonyl (C=O) groups excluding carboxylic acids is 1. The van der Waals surface area contributed by atoms with Crippen LogP contribution < -0.4 is 5.32 Å². The van der Waals surface area contributed by atoms with Crippen LogP contribution in [-0.4, -0.2) is 32.0 Å². The Morgan fingerprint density at radius 2 is 2.18 bits per heavy atom. The molecule has 0 unspecified atom stereocenters. The minimum Gasteiger partial charge on any atom is -0.480 e. The lowest BCUT2D eigenvalue weighted by molar-refractivity contribution is -0.137. The summed E-state index contributed by atoms with van der Waals surface area (Å²) in [6.07, 6.45) is 6.03. The van der Waals surface area contributed by atoms with Gasteiger partial charge in [-0.05, 0) is 37.3 Å². The summed E-state index contributed by atoms with van der Waals surface area (Å²) in [5.41, 5.74) is 1.84. The number of rotatable bonds is 5. The molecule has 0 bridgehead atoms. The van der Waals surface area contributed by atoms with E-state index in [4.69, 9.17) is 5.11 Å². The summed E-state index contributed by atoms with van der Waals surface area (Å²) in [5, 5.41) is 19.0. The number of carbonyl (C=O) groups is 2. The first-order valence-corrected chi connectivity index (χ1v) is 7.94. The molecule has 8 heteroatoms. The van der Waals surface area contributed by atoms with Gasteiger partial charge < -0.3 is 10.4 Å². The van der Waals surface area contributed by atoms with E-state index in [1.165, 1.54) is 34.2 Å². The lowest BCUT2D eigenvalue weighted by Crippen LogP contribution is -2.22. The largest absolute Gasteiger partial charge is 0.480 e. The molecule has 1 aliphatic carbocycles. The number of nitrogens with one attached hydrogen (secondary N) is 1. The summed E-state index contributed by atoms with van der Waals surface area (Å²) in [7, 11) is 0. The molecule has 2 N–H and O–H groups in total. The first-order valence-electron chi connectivity index (χ1n) is 7.12. The van der Waals surface area contributed by atoms with Crippen molar-refractivity contribution < 1.29 is 14.7 Å². The van der Waals surface area contributed by atoms with Crippen molar-refractivity contribution >= 4 is 23.2 Å². The van der Waals surface area contributed by atoms with Crippen LogP contribution in [0, 0.1) is 0 Å². The number of amides is 1. The van der Waals surface area contributed by atoms with Crippen LogP contribution in [0.4, 0.5) is 0 Å². The van der Waals surface area contributed by atoms with Crippen LogP contribution in [0.25, 0.3) is 0 Å². The fourth-order valence-electron chi connectivity index (χ4n) is 2.50. The lowest BCUT2D eigenvalue weighted by atomic mass is 9.99. The molecule has 0 fully saturated rings. The Labute approximate surface area is 131 Å². The van der Waals surface area contributed by atoms with Crippen molar-refractivity contribution in [3.05, 3.63) is 33.3 Å². The maximum Gasteiger partial charge on any atom is 0.325 e. The molecule has 1 aliphatic rings. The Morgan fingerprint density at radius 1 is 1.36 bits per heavy atom. The van der Waals surface area contributed by atoms with E-state index in [1.807, 2.05) is 6.07 Å². The fraction of sp³-hybridized carbons (Fsp3) is 0.429. The topological polar surface area (TPSA) is 97.1 Å². The van der Waals surface area contributed by atoms with E-state index >= 15 is 0 Å². The van der Waals surface area contributed by atoms with Crippen LogP contribution in [0.15, 0.2) is 12.3 Å². The van der Waals surface area contributed by atoms with E-state index in [9.17, 15) is 9.59 Å². The molecule has 0 aromatic carbocycles. The van der Waals surface area contributed by atoms with E-state index < -0.39 is 5.97 Å². The smallest absolute Gasteiger partial charge is 0.325 e. The number of carboxylic acid groups (broad SMARTS) is 1. The number of aromatic nitrogens is 3. The van der Waals surface area contributed by atoms with Crippen molar-refractivity contribution in [3.8, 4) is 0 Å². The van der Waals surface area contributed by atoms with E-state index in [-0.39, 0.29) is 19.0 Å². The van der Waals surface area contributed by atoms with Crippen molar-refractivity contribution in [3.63, 3.8) is 0 Å². The number of aryl methyl sites for hydroxylation is 2. The Balaban J connectivity index is 1.59. The highest BCUT2D eigenvalue weighted by molar-refractivity contribution is 7.14. The first-order chi connectivity index (χ1) is 10.6. The number of aliphatic carboxylic acids is 1. The molecule has 2 aromatic rings. The van der Waals surface area contributed by atoms with Gasteiger partial charge in [0.25, 0.3) is 5.91 Å². The molecule has 0 atom stereocenters. The Morgan fingerprint density at radius 3 is 2.95 bits per heavy atom. The van der Waals surface area contributed by atoms with Gasteiger partial charge in [0, 0.05) is 4.88 Å². The van der Waals surface area contributed by atoms with Gasteiger partial charge in [-0.1, -0.05) is 5.21 Å². The molecule has 0 radical (unpaired) electrons. The molecule has 7 nitrogen and oxygen atoms in total. The minimum absolute atomic E-state index is 0.118. The van der Waals surface area contributed by atoms with Crippen LogP contribution in [0.3, 0.4) is 0 Å². The second-order valence-electron chi connectivity index (χ2n) is 5.25. The molecule has 1 amide bonds. The molecule has 116 valence electrons. The zero-order valence-corrected chi connectivity index (χ0v) is 12.7. The molecule has 0 spiro atoms. The highest BCUT2D eigenvalue weighted by atomic mass is 32.1. The van der Waals surface area contributed by atoms with Gasteiger partial charge in [0.15, 0.2) is 0 Å². The molecule has 2 heterocycles. The molecule has 22 heavy (non-hydrogen) atoms. The zero-order chi connectivity index (χ0) is 15.5. The number of fused-ring (bicyclic) bond motifs is 1. The Bertz CT molecular complexity index is 683. The van der Waals surface area contributed by atoms with Crippen LogP contribution in [-0.2, 0) is 30.7 Å². The van der Waals surface area contributed by atoms with Crippen molar-refractivity contribution in [2.75, 3.05) is 0 Å². The van der Waals surface area contributed by atoms with Crippen molar-refractivity contribution in [2.24, 2.45) is 0 Å².